The van der Waals surface area contributed by atoms with Crippen molar-refractivity contribution in [2.75, 3.05) is 20.3 Å². The monoisotopic (exact) mass is 268 g/mol. The number of sulfonamides is 1. The molecule has 0 heterocycles. The molecule has 0 fully saturated rings. The Bertz CT molecular complexity index is 503. The van der Waals surface area contributed by atoms with Gasteiger partial charge in [-0.05, 0) is 37.1 Å². The van der Waals surface area contributed by atoms with E-state index in [1.165, 1.54) is 24.3 Å². The third-order valence-electron chi connectivity index (χ3n) is 2.36. The van der Waals surface area contributed by atoms with Crippen molar-refractivity contribution in [2.24, 2.45) is 0 Å². The molecule has 1 aromatic carbocycles. The number of rotatable bonds is 7. The molecule has 1 N–H and O–H groups in total. The molecule has 0 unspecified atom stereocenters. The van der Waals surface area contributed by atoms with Crippen LogP contribution < -0.4 is 4.72 Å². The number of methoxy groups -OCH3 is 1. The second-order valence-electron chi connectivity index (χ2n) is 3.73. The quantitative estimate of drug-likeness (QED) is 0.755. The molecule has 0 atom stereocenters. The third kappa shape index (κ3) is 4.45. The van der Waals surface area contributed by atoms with E-state index in [1.54, 1.807) is 7.11 Å². The number of benzene rings is 1. The van der Waals surface area contributed by atoms with Crippen LogP contribution in [-0.2, 0) is 14.8 Å². The summed E-state index contributed by atoms with van der Waals surface area (Å²) in [5.74, 6) is 0. The van der Waals surface area contributed by atoms with Crippen molar-refractivity contribution in [3.8, 4) is 6.07 Å². The van der Waals surface area contributed by atoms with Crippen LogP contribution in [0, 0.1) is 11.3 Å². The fraction of sp³-hybridized carbons (Fsp3) is 0.417. The summed E-state index contributed by atoms with van der Waals surface area (Å²) in [7, 11) is -1.86. The number of nitriles is 1. The second kappa shape index (κ2) is 7.11. The van der Waals surface area contributed by atoms with Gasteiger partial charge in [-0.3, -0.25) is 0 Å². The van der Waals surface area contributed by atoms with Crippen molar-refractivity contribution in [3.05, 3.63) is 29.8 Å². The van der Waals surface area contributed by atoms with Gasteiger partial charge in [0.15, 0.2) is 0 Å². The van der Waals surface area contributed by atoms with Crippen molar-refractivity contribution in [2.45, 2.75) is 17.7 Å². The van der Waals surface area contributed by atoms with Crippen molar-refractivity contribution >= 4 is 10.0 Å². The zero-order valence-electron chi connectivity index (χ0n) is 10.2. The summed E-state index contributed by atoms with van der Waals surface area (Å²) in [5, 5.41) is 8.63. The number of hydrogen-bond donors (Lipinski definition) is 1. The van der Waals surface area contributed by atoms with Crippen LogP contribution >= 0.6 is 0 Å². The van der Waals surface area contributed by atoms with Crippen molar-refractivity contribution < 1.29 is 13.2 Å². The summed E-state index contributed by atoms with van der Waals surface area (Å²) in [6.45, 7) is 1.00. The molecule has 0 radical (unpaired) electrons. The van der Waals surface area contributed by atoms with Gasteiger partial charge in [0.05, 0.1) is 16.5 Å². The van der Waals surface area contributed by atoms with Gasteiger partial charge in [0.1, 0.15) is 0 Å². The highest BCUT2D eigenvalue weighted by Crippen LogP contribution is 2.09. The third-order valence-corrected chi connectivity index (χ3v) is 3.84. The van der Waals surface area contributed by atoms with E-state index in [-0.39, 0.29) is 4.90 Å². The summed E-state index contributed by atoms with van der Waals surface area (Å²) in [4.78, 5) is 0.174. The minimum atomic E-state index is -3.47. The van der Waals surface area contributed by atoms with E-state index < -0.39 is 10.0 Å². The van der Waals surface area contributed by atoms with Crippen LogP contribution in [0.3, 0.4) is 0 Å². The van der Waals surface area contributed by atoms with E-state index in [1.807, 2.05) is 6.07 Å². The molecular weight excluding hydrogens is 252 g/mol. The van der Waals surface area contributed by atoms with Crippen LogP contribution in [0.4, 0.5) is 0 Å². The molecule has 0 spiro atoms. The topological polar surface area (TPSA) is 79.2 Å². The van der Waals surface area contributed by atoms with Gasteiger partial charge in [-0.1, -0.05) is 0 Å². The van der Waals surface area contributed by atoms with Crippen LogP contribution in [0.15, 0.2) is 29.2 Å². The molecule has 6 heteroatoms. The predicted molar refractivity (Wildman–Crippen MR) is 67.5 cm³/mol. The molecule has 0 saturated carbocycles. The normalized spacial score (nSPS) is 11.1. The first kappa shape index (κ1) is 14.6. The van der Waals surface area contributed by atoms with E-state index in [4.69, 9.17) is 10.00 Å². The van der Waals surface area contributed by atoms with Gasteiger partial charge in [0.25, 0.3) is 0 Å². The highest BCUT2D eigenvalue weighted by atomic mass is 32.2. The minimum Gasteiger partial charge on any atom is -0.385 e. The summed E-state index contributed by atoms with van der Waals surface area (Å²) >= 11 is 0. The lowest BCUT2D eigenvalue weighted by Gasteiger charge is -2.06. The first-order valence-electron chi connectivity index (χ1n) is 5.59. The lowest BCUT2D eigenvalue weighted by Crippen LogP contribution is -2.24. The molecule has 98 valence electrons. The number of nitrogens with one attached hydrogen (secondary N) is 1. The van der Waals surface area contributed by atoms with Gasteiger partial charge in [-0.2, -0.15) is 5.26 Å². The molecule has 18 heavy (non-hydrogen) atoms. The maximum Gasteiger partial charge on any atom is 0.240 e. The molecule has 0 aliphatic heterocycles. The Labute approximate surface area is 107 Å². The number of nitrogens with zero attached hydrogens (tertiary/aromatic N) is 1. The van der Waals surface area contributed by atoms with Crippen LogP contribution in [-0.4, -0.2) is 28.7 Å². The van der Waals surface area contributed by atoms with E-state index in [0.717, 1.165) is 12.8 Å². The molecule has 1 aromatic rings. The Balaban J connectivity index is 2.55. The standard InChI is InChI=1S/C12H16N2O3S/c1-17-9-3-2-8-14-18(15,16)12-6-4-11(10-13)5-7-12/h4-7,14H,2-3,8-9H2,1H3. The lowest BCUT2D eigenvalue weighted by molar-refractivity contribution is 0.193. The van der Waals surface area contributed by atoms with Gasteiger partial charge in [0.2, 0.25) is 10.0 Å². The smallest absolute Gasteiger partial charge is 0.240 e. The lowest BCUT2D eigenvalue weighted by atomic mass is 10.2. The number of hydrogen-bond acceptors (Lipinski definition) is 4. The van der Waals surface area contributed by atoms with Gasteiger partial charge < -0.3 is 4.74 Å². The Morgan fingerprint density at radius 3 is 2.50 bits per heavy atom. The first-order valence-corrected chi connectivity index (χ1v) is 7.07. The molecule has 0 bridgehead atoms. The van der Waals surface area contributed by atoms with Crippen LogP contribution in [0.2, 0.25) is 0 Å². The van der Waals surface area contributed by atoms with Gasteiger partial charge in [-0.15, -0.1) is 0 Å². The molecule has 5 nitrogen and oxygen atoms in total. The highest BCUT2D eigenvalue weighted by Gasteiger charge is 2.12. The van der Waals surface area contributed by atoms with Crippen molar-refractivity contribution in [1.29, 1.82) is 5.26 Å². The summed E-state index contributed by atoms with van der Waals surface area (Å²) in [6, 6.07) is 7.77. The van der Waals surface area contributed by atoms with Crippen molar-refractivity contribution in [3.63, 3.8) is 0 Å². The van der Waals surface area contributed by atoms with E-state index in [0.29, 0.717) is 18.7 Å². The Morgan fingerprint density at radius 2 is 1.94 bits per heavy atom. The Kier molecular flexibility index (Phi) is 5.78. The number of unbranched alkanes of at least 4 members (excludes halogenated alkanes) is 1. The molecule has 1 rings (SSSR count). The fourth-order valence-corrected chi connectivity index (χ4v) is 2.44. The Hall–Kier alpha value is -1.42. The van der Waals surface area contributed by atoms with E-state index in [9.17, 15) is 8.42 Å². The van der Waals surface area contributed by atoms with Crippen molar-refractivity contribution in [1.82, 2.24) is 4.72 Å². The maximum absolute atomic E-state index is 11.8. The Morgan fingerprint density at radius 1 is 1.28 bits per heavy atom. The SMILES string of the molecule is COCCCCNS(=O)(=O)c1ccc(C#N)cc1. The van der Waals surface area contributed by atoms with Gasteiger partial charge in [-0.25, -0.2) is 13.1 Å². The average Bonchev–Trinajstić information content (AvgIpc) is 2.38. The van der Waals surface area contributed by atoms with Gasteiger partial charge in [0, 0.05) is 20.3 Å². The van der Waals surface area contributed by atoms with Crippen LogP contribution in [0.25, 0.3) is 0 Å². The predicted octanol–water partition coefficient (Wildman–Crippen LogP) is 1.26. The zero-order chi connectivity index (χ0) is 13.4. The van der Waals surface area contributed by atoms with E-state index >= 15 is 0 Å². The number of ether oxygens (including phenoxy) is 1. The summed E-state index contributed by atoms with van der Waals surface area (Å²) in [5.41, 5.74) is 0.439. The molecule has 0 aliphatic carbocycles. The first-order chi connectivity index (χ1) is 8.60. The molecular formula is C12H16N2O3S. The molecule has 0 aromatic heterocycles. The van der Waals surface area contributed by atoms with E-state index in [2.05, 4.69) is 4.72 Å². The van der Waals surface area contributed by atoms with Crippen LogP contribution in [0.1, 0.15) is 18.4 Å². The molecule has 0 amide bonds. The van der Waals surface area contributed by atoms with Crippen LogP contribution in [0.5, 0.6) is 0 Å². The molecule has 0 aliphatic rings. The largest absolute Gasteiger partial charge is 0.385 e. The fourth-order valence-electron chi connectivity index (χ4n) is 1.37. The second-order valence-corrected chi connectivity index (χ2v) is 5.50. The summed E-state index contributed by atoms with van der Waals surface area (Å²) < 4.78 is 31.1. The van der Waals surface area contributed by atoms with Gasteiger partial charge >= 0.3 is 0 Å². The maximum atomic E-state index is 11.8. The average molecular weight is 268 g/mol. The minimum absolute atomic E-state index is 0.174. The molecule has 0 saturated heterocycles. The highest BCUT2D eigenvalue weighted by molar-refractivity contribution is 7.89. The summed E-state index contributed by atoms with van der Waals surface area (Å²) in [6.07, 6.45) is 1.54. The zero-order valence-corrected chi connectivity index (χ0v) is 11.0.